The number of hydrogen-bond donors (Lipinski definition) is 0. The zero-order valence-corrected chi connectivity index (χ0v) is 12.6. The minimum absolute atomic E-state index is 0.0294. The van der Waals surface area contributed by atoms with E-state index in [1.54, 1.807) is 40.8 Å². The predicted octanol–water partition coefficient (Wildman–Crippen LogP) is 0.986. The van der Waals surface area contributed by atoms with Gasteiger partial charge in [-0.3, -0.25) is 14.3 Å². The first-order valence-electron chi connectivity index (χ1n) is 6.97. The number of aromatic nitrogens is 2. The van der Waals surface area contributed by atoms with Crippen LogP contribution in [0.1, 0.15) is 37.2 Å². The third kappa shape index (κ3) is 2.30. The Morgan fingerprint density at radius 2 is 2.15 bits per heavy atom. The van der Waals surface area contributed by atoms with Crippen molar-refractivity contribution < 1.29 is 9.59 Å². The summed E-state index contributed by atoms with van der Waals surface area (Å²) in [6.45, 7) is 5.14. The molecule has 2 amide bonds. The summed E-state index contributed by atoms with van der Waals surface area (Å²) < 4.78 is 1.72. The minimum atomic E-state index is -0.753. The average molecular weight is 278 g/mol. The lowest BCUT2D eigenvalue weighted by molar-refractivity contribution is -0.138. The topological polar surface area (TPSA) is 58.4 Å². The number of likely N-dealkylation sites (N-methyl/N-ethyl adjacent to an activating group) is 1. The van der Waals surface area contributed by atoms with E-state index in [2.05, 4.69) is 5.10 Å². The largest absolute Gasteiger partial charge is 0.347 e. The van der Waals surface area contributed by atoms with E-state index >= 15 is 0 Å². The summed E-state index contributed by atoms with van der Waals surface area (Å²) in [4.78, 5) is 28.2. The highest BCUT2D eigenvalue weighted by molar-refractivity contribution is 5.98. The summed E-state index contributed by atoms with van der Waals surface area (Å²) in [6.07, 6.45) is 3.33. The van der Waals surface area contributed by atoms with Crippen LogP contribution >= 0.6 is 0 Å². The second-order valence-electron chi connectivity index (χ2n) is 5.59. The van der Waals surface area contributed by atoms with Gasteiger partial charge in [-0.05, 0) is 32.8 Å². The number of carbonyl (C=O) groups is 2. The molecule has 0 spiro atoms. The molecule has 0 saturated carbocycles. The predicted molar refractivity (Wildman–Crippen MR) is 75.3 cm³/mol. The third-order valence-corrected chi connectivity index (χ3v) is 3.94. The van der Waals surface area contributed by atoms with Gasteiger partial charge in [-0.1, -0.05) is 0 Å². The van der Waals surface area contributed by atoms with Gasteiger partial charge in [0.05, 0.1) is 0 Å². The number of rotatable bonds is 3. The quantitative estimate of drug-likeness (QED) is 0.828. The lowest BCUT2D eigenvalue weighted by Crippen LogP contribution is -2.55. The van der Waals surface area contributed by atoms with Gasteiger partial charge in [0.2, 0.25) is 5.91 Å². The normalized spacial score (nSPS) is 22.1. The van der Waals surface area contributed by atoms with Gasteiger partial charge < -0.3 is 9.80 Å². The first kappa shape index (κ1) is 14.6. The molecule has 0 radical (unpaired) electrons. The fraction of sp³-hybridized carbons (Fsp3) is 0.643. The van der Waals surface area contributed by atoms with Gasteiger partial charge in [-0.2, -0.15) is 5.10 Å². The van der Waals surface area contributed by atoms with Crippen molar-refractivity contribution in [1.82, 2.24) is 19.6 Å². The van der Waals surface area contributed by atoms with E-state index in [1.165, 1.54) is 0 Å². The van der Waals surface area contributed by atoms with Crippen LogP contribution in [0, 0.1) is 0 Å². The molecule has 0 bridgehead atoms. The summed E-state index contributed by atoms with van der Waals surface area (Å²) in [5, 5.41) is 4.24. The fourth-order valence-electron chi connectivity index (χ4n) is 2.78. The van der Waals surface area contributed by atoms with Crippen LogP contribution in [0.3, 0.4) is 0 Å². The van der Waals surface area contributed by atoms with Crippen LogP contribution in [-0.2, 0) is 11.3 Å². The molecule has 2 heterocycles. The van der Waals surface area contributed by atoms with Crippen LogP contribution in [0.5, 0.6) is 0 Å². The van der Waals surface area contributed by atoms with Crippen molar-refractivity contribution in [2.45, 2.75) is 38.8 Å². The van der Waals surface area contributed by atoms with E-state index in [0.717, 1.165) is 13.0 Å². The highest BCUT2D eigenvalue weighted by Crippen LogP contribution is 2.31. The van der Waals surface area contributed by atoms with Crippen LogP contribution in [0.4, 0.5) is 0 Å². The molecule has 20 heavy (non-hydrogen) atoms. The molecule has 1 aromatic rings. The second kappa shape index (κ2) is 5.26. The van der Waals surface area contributed by atoms with Crippen LogP contribution in [0.25, 0.3) is 0 Å². The van der Waals surface area contributed by atoms with Gasteiger partial charge in [0.25, 0.3) is 5.91 Å². The van der Waals surface area contributed by atoms with Gasteiger partial charge in [-0.15, -0.1) is 0 Å². The fourth-order valence-corrected chi connectivity index (χ4v) is 2.78. The summed E-state index contributed by atoms with van der Waals surface area (Å²) in [6, 6.07) is 1.71. The third-order valence-electron chi connectivity index (χ3n) is 3.94. The van der Waals surface area contributed by atoms with Crippen molar-refractivity contribution in [2.75, 3.05) is 20.6 Å². The number of likely N-dealkylation sites (tertiary alicyclic amines) is 1. The lowest BCUT2D eigenvalue weighted by atomic mass is 9.97. The molecule has 6 nitrogen and oxygen atoms in total. The van der Waals surface area contributed by atoms with E-state index in [9.17, 15) is 9.59 Å². The SMILES string of the molecule is CCn1ccc(C(=O)N2CCC[C@]2(C)C(=O)N(C)C)n1. The maximum Gasteiger partial charge on any atom is 0.275 e. The minimum Gasteiger partial charge on any atom is -0.347 e. The van der Waals surface area contributed by atoms with Gasteiger partial charge in [-0.25, -0.2) is 0 Å². The number of aryl methyl sites for hydroxylation is 1. The van der Waals surface area contributed by atoms with Gasteiger partial charge in [0.15, 0.2) is 0 Å². The van der Waals surface area contributed by atoms with Crippen LogP contribution in [0.15, 0.2) is 12.3 Å². The van der Waals surface area contributed by atoms with Crippen LogP contribution < -0.4 is 0 Å². The Morgan fingerprint density at radius 3 is 2.70 bits per heavy atom. The monoisotopic (exact) mass is 278 g/mol. The van der Waals surface area contributed by atoms with Crippen molar-refractivity contribution in [3.8, 4) is 0 Å². The van der Waals surface area contributed by atoms with Crippen molar-refractivity contribution >= 4 is 11.8 Å². The summed E-state index contributed by atoms with van der Waals surface area (Å²) in [5.74, 6) is -0.189. The molecule has 2 rings (SSSR count). The molecule has 0 aliphatic carbocycles. The van der Waals surface area contributed by atoms with Gasteiger partial charge >= 0.3 is 0 Å². The molecule has 110 valence electrons. The molecule has 1 saturated heterocycles. The molecule has 1 aromatic heterocycles. The zero-order valence-electron chi connectivity index (χ0n) is 12.6. The van der Waals surface area contributed by atoms with E-state index in [-0.39, 0.29) is 11.8 Å². The molecule has 6 heteroatoms. The van der Waals surface area contributed by atoms with Crippen molar-refractivity contribution in [2.24, 2.45) is 0 Å². The molecule has 1 aliphatic heterocycles. The van der Waals surface area contributed by atoms with Gasteiger partial charge in [0, 0.05) is 33.4 Å². The number of hydrogen-bond acceptors (Lipinski definition) is 3. The highest BCUT2D eigenvalue weighted by Gasteiger charge is 2.47. The molecule has 1 aliphatic rings. The average Bonchev–Trinajstić information content (AvgIpc) is 3.04. The summed E-state index contributed by atoms with van der Waals surface area (Å²) >= 11 is 0. The van der Waals surface area contributed by atoms with E-state index in [4.69, 9.17) is 0 Å². The Balaban J connectivity index is 2.26. The number of amides is 2. The Bertz CT molecular complexity index is 523. The standard InChI is InChI=1S/C14H22N4O2/c1-5-17-10-7-11(15-17)12(19)18-9-6-8-14(18,2)13(20)16(3)4/h7,10H,5-6,8-9H2,1-4H3/t14-/m1/s1. The zero-order chi connectivity index (χ0) is 14.9. The molecule has 0 N–H and O–H groups in total. The van der Waals surface area contributed by atoms with E-state index < -0.39 is 5.54 Å². The first-order chi connectivity index (χ1) is 9.40. The van der Waals surface area contributed by atoms with Crippen LogP contribution in [0.2, 0.25) is 0 Å². The lowest BCUT2D eigenvalue weighted by Gasteiger charge is -2.35. The van der Waals surface area contributed by atoms with Crippen molar-refractivity contribution in [3.05, 3.63) is 18.0 Å². The van der Waals surface area contributed by atoms with Crippen molar-refractivity contribution in [3.63, 3.8) is 0 Å². The van der Waals surface area contributed by atoms with Crippen LogP contribution in [-0.4, -0.2) is 57.6 Å². The number of carbonyl (C=O) groups excluding carboxylic acids is 2. The Hall–Kier alpha value is -1.85. The molecule has 1 fully saturated rings. The molecular formula is C14H22N4O2. The molecule has 0 unspecified atom stereocenters. The summed E-state index contributed by atoms with van der Waals surface area (Å²) in [7, 11) is 3.45. The smallest absolute Gasteiger partial charge is 0.275 e. The summed E-state index contributed by atoms with van der Waals surface area (Å²) in [5.41, 5.74) is -0.345. The van der Waals surface area contributed by atoms with Gasteiger partial charge in [0.1, 0.15) is 11.2 Å². The highest BCUT2D eigenvalue weighted by atomic mass is 16.2. The maximum atomic E-state index is 12.6. The maximum absolute atomic E-state index is 12.6. The van der Waals surface area contributed by atoms with E-state index in [1.807, 2.05) is 13.8 Å². The molecular weight excluding hydrogens is 256 g/mol. The van der Waals surface area contributed by atoms with E-state index in [0.29, 0.717) is 18.7 Å². The first-order valence-corrected chi connectivity index (χ1v) is 6.97. The molecule has 0 aromatic carbocycles. The Kier molecular flexibility index (Phi) is 3.83. The molecule has 1 atom stereocenters. The number of nitrogens with zero attached hydrogens (tertiary/aromatic N) is 4. The Morgan fingerprint density at radius 1 is 1.45 bits per heavy atom. The Labute approximate surface area is 119 Å². The second-order valence-corrected chi connectivity index (χ2v) is 5.59. The van der Waals surface area contributed by atoms with Crippen molar-refractivity contribution in [1.29, 1.82) is 0 Å².